The quantitative estimate of drug-likeness (QED) is 0.668. The van der Waals surface area contributed by atoms with Gasteiger partial charge in [0.25, 0.3) is 0 Å². The molecule has 2 fully saturated rings. The van der Waals surface area contributed by atoms with Gasteiger partial charge in [-0.1, -0.05) is 6.92 Å². The number of aliphatic hydroxyl groups excluding tert-OH is 1. The third-order valence-electron chi connectivity index (χ3n) is 3.67. The molecule has 0 aliphatic carbocycles. The Morgan fingerprint density at radius 2 is 2.13 bits per heavy atom. The Morgan fingerprint density at radius 3 is 2.73 bits per heavy atom. The number of hydrogen-bond acceptors (Lipinski definition) is 4. The first-order chi connectivity index (χ1) is 7.07. The summed E-state index contributed by atoms with van der Waals surface area (Å²) in [7, 11) is 0. The molecule has 4 heteroatoms. The van der Waals surface area contributed by atoms with E-state index in [9.17, 15) is 0 Å². The summed E-state index contributed by atoms with van der Waals surface area (Å²) in [5, 5.41) is 12.6. The smallest absolute Gasteiger partial charge is 0.174 e. The SMILES string of the molecule is CC1CC2(OCC(CO)O2)C(C)C(C)N1. The zero-order valence-electron chi connectivity index (χ0n) is 9.69. The van der Waals surface area contributed by atoms with E-state index in [1.54, 1.807) is 0 Å². The molecule has 2 heterocycles. The molecule has 0 aromatic heterocycles. The van der Waals surface area contributed by atoms with Gasteiger partial charge in [0.1, 0.15) is 6.10 Å². The molecule has 0 aromatic carbocycles. The maximum atomic E-state index is 9.08. The third kappa shape index (κ3) is 1.91. The Morgan fingerprint density at radius 1 is 1.40 bits per heavy atom. The largest absolute Gasteiger partial charge is 0.394 e. The molecule has 0 saturated carbocycles. The average molecular weight is 215 g/mol. The molecule has 5 unspecified atom stereocenters. The lowest BCUT2D eigenvalue weighted by atomic mass is 9.84. The van der Waals surface area contributed by atoms with E-state index in [0.29, 0.717) is 24.6 Å². The zero-order chi connectivity index (χ0) is 11.1. The van der Waals surface area contributed by atoms with E-state index in [0.717, 1.165) is 6.42 Å². The topological polar surface area (TPSA) is 50.7 Å². The van der Waals surface area contributed by atoms with Crippen LogP contribution in [0.25, 0.3) is 0 Å². The Balaban J connectivity index is 2.12. The van der Waals surface area contributed by atoms with E-state index < -0.39 is 5.79 Å². The van der Waals surface area contributed by atoms with Crippen LogP contribution < -0.4 is 5.32 Å². The second-order valence-corrected chi connectivity index (χ2v) is 4.89. The van der Waals surface area contributed by atoms with Crippen LogP contribution in [0, 0.1) is 5.92 Å². The first-order valence-corrected chi connectivity index (χ1v) is 5.76. The lowest BCUT2D eigenvalue weighted by Gasteiger charge is -2.45. The fourth-order valence-corrected chi connectivity index (χ4v) is 2.67. The van der Waals surface area contributed by atoms with Crippen LogP contribution in [0.1, 0.15) is 27.2 Å². The lowest BCUT2D eigenvalue weighted by molar-refractivity contribution is -0.228. The maximum Gasteiger partial charge on any atom is 0.174 e. The monoisotopic (exact) mass is 215 g/mol. The Hall–Kier alpha value is -0.160. The van der Waals surface area contributed by atoms with Crippen molar-refractivity contribution in [1.82, 2.24) is 5.32 Å². The minimum absolute atomic E-state index is 0.0463. The number of hydrogen-bond donors (Lipinski definition) is 2. The van der Waals surface area contributed by atoms with Gasteiger partial charge in [-0.3, -0.25) is 0 Å². The Kier molecular flexibility index (Phi) is 3.03. The normalized spacial score (nSPS) is 51.2. The number of nitrogens with one attached hydrogen (secondary N) is 1. The minimum atomic E-state index is -0.475. The summed E-state index contributed by atoms with van der Waals surface area (Å²) in [4.78, 5) is 0. The molecular weight excluding hydrogens is 194 g/mol. The van der Waals surface area contributed by atoms with Crippen LogP contribution in [0.15, 0.2) is 0 Å². The summed E-state index contributed by atoms with van der Waals surface area (Å²) in [5.74, 6) is -0.164. The molecule has 2 aliphatic heterocycles. The van der Waals surface area contributed by atoms with Crippen LogP contribution in [0.4, 0.5) is 0 Å². The van der Waals surface area contributed by atoms with Crippen molar-refractivity contribution in [3.63, 3.8) is 0 Å². The molecule has 0 radical (unpaired) electrons. The molecular formula is C11H21NO3. The second-order valence-electron chi connectivity index (χ2n) is 4.89. The lowest BCUT2D eigenvalue weighted by Crippen LogP contribution is -2.58. The van der Waals surface area contributed by atoms with Crippen LogP contribution in [-0.4, -0.2) is 42.3 Å². The molecule has 15 heavy (non-hydrogen) atoms. The van der Waals surface area contributed by atoms with Gasteiger partial charge in [-0.2, -0.15) is 0 Å². The van der Waals surface area contributed by atoms with Gasteiger partial charge in [0.15, 0.2) is 5.79 Å². The van der Waals surface area contributed by atoms with E-state index >= 15 is 0 Å². The first kappa shape index (κ1) is 11.3. The van der Waals surface area contributed by atoms with Crippen LogP contribution in [0.2, 0.25) is 0 Å². The highest BCUT2D eigenvalue weighted by molar-refractivity contribution is 4.96. The molecule has 4 nitrogen and oxygen atoms in total. The molecule has 0 amide bonds. The van der Waals surface area contributed by atoms with Gasteiger partial charge in [0.2, 0.25) is 0 Å². The van der Waals surface area contributed by atoms with E-state index in [4.69, 9.17) is 14.6 Å². The summed E-state index contributed by atoms with van der Waals surface area (Å²) >= 11 is 0. The molecule has 2 aliphatic rings. The van der Waals surface area contributed by atoms with Gasteiger partial charge in [0, 0.05) is 24.4 Å². The van der Waals surface area contributed by atoms with E-state index in [1.807, 2.05) is 0 Å². The number of ether oxygens (including phenoxy) is 2. The highest BCUT2D eigenvalue weighted by atomic mass is 16.7. The summed E-state index contributed by atoms with van der Waals surface area (Å²) < 4.78 is 11.7. The van der Waals surface area contributed by atoms with Gasteiger partial charge >= 0.3 is 0 Å². The standard InChI is InChI=1S/C11H21NO3/c1-7-4-11(8(2)9(3)12-7)14-6-10(5-13)15-11/h7-10,12-13H,4-6H2,1-3H3. The number of piperidine rings is 1. The fraction of sp³-hybridized carbons (Fsp3) is 1.00. The second kappa shape index (κ2) is 4.01. The zero-order valence-corrected chi connectivity index (χ0v) is 9.69. The van der Waals surface area contributed by atoms with Crippen LogP contribution in [0.5, 0.6) is 0 Å². The van der Waals surface area contributed by atoms with Crippen molar-refractivity contribution in [2.24, 2.45) is 5.92 Å². The van der Waals surface area contributed by atoms with Crippen molar-refractivity contribution < 1.29 is 14.6 Å². The molecule has 0 bridgehead atoms. The van der Waals surface area contributed by atoms with Gasteiger partial charge in [-0.05, 0) is 13.8 Å². The van der Waals surface area contributed by atoms with E-state index in [2.05, 4.69) is 26.1 Å². The van der Waals surface area contributed by atoms with Crippen molar-refractivity contribution in [2.45, 2.75) is 51.2 Å². The Labute approximate surface area is 90.9 Å². The average Bonchev–Trinajstić information content (AvgIpc) is 2.59. The molecule has 1 spiro atoms. The molecule has 2 rings (SSSR count). The summed E-state index contributed by atoms with van der Waals surface area (Å²) in [6, 6.07) is 0.778. The van der Waals surface area contributed by atoms with E-state index in [-0.39, 0.29) is 12.7 Å². The van der Waals surface area contributed by atoms with E-state index in [1.165, 1.54) is 0 Å². The fourth-order valence-electron chi connectivity index (χ4n) is 2.67. The molecule has 0 aromatic rings. The molecule has 2 N–H and O–H groups in total. The van der Waals surface area contributed by atoms with Crippen molar-refractivity contribution in [3.8, 4) is 0 Å². The van der Waals surface area contributed by atoms with Crippen LogP contribution in [0.3, 0.4) is 0 Å². The van der Waals surface area contributed by atoms with Gasteiger partial charge < -0.3 is 19.9 Å². The third-order valence-corrected chi connectivity index (χ3v) is 3.67. The molecule has 2 saturated heterocycles. The van der Waals surface area contributed by atoms with Crippen molar-refractivity contribution in [2.75, 3.05) is 13.2 Å². The van der Waals surface area contributed by atoms with Crippen molar-refractivity contribution >= 4 is 0 Å². The first-order valence-electron chi connectivity index (χ1n) is 5.76. The predicted molar refractivity (Wildman–Crippen MR) is 56.5 cm³/mol. The number of aliphatic hydroxyl groups is 1. The summed E-state index contributed by atoms with van der Waals surface area (Å²) in [6.45, 7) is 7.00. The minimum Gasteiger partial charge on any atom is -0.394 e. The molecule has 88 valence electrons. The highest BCUT2D eigenvalue weighted by Gasteiger charge is 2.51. The Bertz CT molecular complexity index is 236. The summed E-state index contributed by atoms with van der Waals surface area (Å²) in [5.41, 5.74) is 0. The number of rotatable bonds is 1. The predicted octanol–water partition coefficient (Wildman–Crippen LogP) is 0.497. The van der Waals surface area contributed by atoms with Gasteiger partial charge in [0.05, 0.1) is 13.2 Å². The molecule has 5 atom stereocenters. The van der Waals surface area contributed by atoms with Crippen molar-refractivity contribution in [1.29, 1.82) is 0 Å². The van der Waals surface area contributed by atoms with Crippen molar-refractivity contribution in [3.05, 3.63) is 0 Å². The summed E-state index contributed by atoms with van der Waals surface area (Å²) in [6.07, 6.45) is 0.708. The maximum absolute atomic E-state index is 9.08. The van der Waals surface area contributed by atoms with Gasteiger partial charge in [-0.25, -0.2) is 0 Å². The van der Waals surface area contributed by atoms with Crippen LogP contribution in [-0.2, 0) is 9.47 Å². The van der Waals surface area contributed by atoms with Gasteiger partial charge in [-0.15, -0.1) is 0 Å². The highest BCUT2D eigenvalue weighted by Crippen LogP contribution is 2.39. The van der Waals surface area contributed by atoms with Crippen LogP contribution >= 0.6 is 0 Å².